The first-order chi connectivity index (χ1) is 13.1. The maximum absolute atomic E-state index is 10.5. The Bertz CT molecular complexity index is 550. The van der Waals surface area contributed by atoms with Crippen LogP contribution in [0.1, 0.15) is 12.0 Å². The van der Waals surface area contributed by atoms with Crippen LogP contribution < -0.4 is 0 Å². The molecule has 0 amide bonds. The van der Waals surface area contributed by atoms with E-state index in [1.807, 2.05) is 30.3 Å². The molecule has 0 radical (unpaired) electrons. The highest BCUT2D eigenvalue weighted by atomic mass is 32.2. The zero-order valence-electron chi connectivity index (χ0n) is 15.6. The first kappa shape index (κ1) is 24.0. The van der Waals surface area contributed by atoms with Crippen molar-refractivity contribution in [2.24, 2.45) is 0 Å². The molecular weight excluding hydrogens is 376 g/mol. The highest BCUT2D eigenvalue weighted by molar-refractivity contribution is 7.85. The van der Waals surface area contributed by atoms with Crippen LogP contribution in [0.4, 0.5) is 0 Å². The van der Waals surface area contributed by atoms with Gasteiger partial charge in [0.2, 0.25) is 0 Å². The Morgan fingerprint density at radius 1 is 0.667 bits per heavy atom. The third kappa shape index (κ3) is 16.8. The lowest BCUT2D eigenvalue weighted by atomic mass is 10.2. The van der Waals surface area contributed by atoms with Crippen LogP contribution in [-0.4, -0.2) is 78.2 Å². The summed E-state index contributed by atoms with van der Waals surface area (Å²) in [4.78, 5) is 0. The summed E-state index contributed by atoms with van der Waals surface area (Å²) in [7, 11) is -3.90. The second-order valence-corrected chi connectivity index (χ2v) is 7.20. The lowest BCUT2D eigenvalue weighted by Crippen LogP contribution is -2.13. The predicted molar refractivity (Wildman–Crippen MR) is 100 cm³/mol. The molecule has 9 heteroatoms. The zero-order valence-corrected chi connectivity index (χ0v) is 16.4. The molecule has 0 saturated carbocycles. The zero-order chi connectivity index (χ0) is 19.6. The van der Waals surface area contributed by atoms with Gasteiger partial charge in [-0.25, -0.2) is 0 Å². The minimum atomic E-state index is -3.90. The molecule has 1 aromatic rings. The normalized spacial score (nSPS) is 11.7. The molecule has 0 aliphatic heterocycles. The third-order valence-corrected chi connectivity index (χ3v) is 4.10. The second-order valence-electron chi connectivity index (χ2n) is 5.63. The minimum absolute atomic E-state index is 0.263. The van der Waals surface area contributed by atoms with Crippen molar-refractivity contribution in [2.75, 3.05) is 65.2 Å². The van der Waals surface area contributed by atoms with Gasteiger partial charge in [-0.1, -0.05) is 30.3 Å². The Morgan fingerprint density at radius 3 is 1.59 bits per heavy atom. The molecule has 1 rings (SSSR count). The molecule has 1 N–H and O–H groups in total. The van der Waals surface area contributed by atoms with Gasteiger partial charge in [-0.15, -0.1) is 0 Å². The molecule has 27 heavy (non-hydrogen) atoms. The van der Waals surface area contributed by atoms with E-state index >= 15 is 0 Å². The summed E-state index contributed by atoms with van der Waals surface area (Å²) in [5.74, 6) is -0.289. The molecule has 0 unspecified atom stereocenters. The standard InChI is InChI=1S/C18H30O8S/c19-27(20,21)16-4-7-22-8-9-23-10-11-24-12-13-25-14-15-26-17-18-5-2-1-3-6-18/h1-3,5-6H,4,7-17H2,(H,19,20,21). The van der Waals surface area contributed by atoms with Crippen molar-refractivity contribution in [3.63, 3.8) is 0 Å². The fraction of sp³-hybridized carbons (Fsp3) is 0.667. The smallest absolute Gasteiger partial charge is 0.264 e. The van der Waals surface area contributed by atoms with Crippen LogP contribution >= 0.6 is 0 Å². The number of ether oxygens (including phenoxy) is 5. The Balaban J connectivity index is 1.72. The predicted octanol–water partition coefficient (Wildman–Crippen LogP) is 1.55. The van der Waals surface area contributed by atoms with Gasteiger partial charge in [-0.2, -0.15) is 8.42 Å². The van der Waals surface area contributed by atoms with Crippen LogP contribution in [0.25, 0.3) is 0 Å². The van der Waals surface area contributed by atoms with E-state index in [1.165, 1.54) is 0 Å². The van der Waals surface area contributed by atoms with Crippen molar-refractivity contribution in [3.05, 3.63) is 35.9 Å². The molecule has 0 atom stereocenters. The maximum atomic E-state index is 10.5. The highest BCUT2D eigenvalue weighted by Crippen LogP contribution is 1.99. The first-order valence-electron chi connectivity index (χ1n) is 8.96. The van der Waals surface area contributed by atoms with Crippen molar-refractivity contribution in [3.8, 4) is 0 Å². The number of hydrogen-bond donors (Lipinski definition) is 1. The monoisotopic (exact) mass is 406 g/mol. The first-order valence-corrected chi connectivity index (χ1v) is 10.6. The summed E-state index contributed by atoms with van der Waals surface area (Å²) in [6.07, 6.45) is 0.263. The van der Waals surface area contributed by atoms with Gasteiger partial charge >= 0.3 is 0 Å². The van der Waals surface area contributed by atoms with Gasteiger partial charge in [0.05, 0.1) is 65.2 Å². The van der Waals surface area contributed by atoms with E-state index in [-0.39, 0.29) is 18.8 Å². The summed E-state index contributed by atoms with van der Waals surface area (Å²) in [6.45, 7) is 4.63. The molecule has 0 fully saturated rings. The molecule has 156 valence electrons. The van der Waals surface area contributed by atoms with Crippen molar-refractivity contribution in [1.29, 1.82) is 0 Å². The van der Waals surface area contributed by atoms with Crippen LogP contribution in [0.2, 0.25) is 0 Å². The van der Waals surface area contributed by atoms with Crippen molar-refractivity contribution >= 4 is 10.1 Å². The molecule has 8 nitrogen and oxygen atoms in total. The Labute approximate surface area is 161 Å². The molecule has 0 heterocycles. The van der Waals surface area contributed by atoms with Crippen molar-refractivity contribution < 1.29 is 36.7 Å². The van der Waals surface area contributed by atoms with Crippen molar-refractivity contribution in [1.82, 2.24) is 0 Å². The number of rotatable bonds is 18. The Morgan fingerprint density at radius 2 is 1.11 bits per heavy atom. The second kappa shape index (κ2) is 15.9. The quantitative estimate of drug-likeness (QED) is 0.289. The molecule has 0 bridgehead atoms. The molecule has 0 spiro atoms. The summed E-state index contributed by atoms with van der Waals surface area (Å²) < 4.78 is 56.3. The average Bonchev–Trinajstić information content (AvgIpc) is 2.64. The minimum Gasteiger partial charge on any atom is -0.379 e. The average molecular weight is 406 g/mol. The summed E-state index contributed by atoms with van der Waals surface area (Å²) in [5.41, 5.74) is 1.14. The molecular formula is C18H30O8S. The van der Waals surface area contributed by atoms with Crippen LogP contribution in [-0.2, 0) is 40.4 Å². The van der Waals surface area contributed by atoms with E-state index in [0.717, 1.165) is 5.56 Å². The van der Waals surface area contributed by atoms with Crippen LogP contribution in [0, 0.1) is 0 Å². The molecule has 0 aromatic heterocycles. The topological polar surface area (TPSA) is 101 Å². The van der Waals surface area contributed by atoms with E-state index in [0.29, 0.717) is 59.5 Å². The molecule has 0 saturated heterocycles. The third-order valence-electron chi connectivity index (χ3n) is 3.29. The van der Waals surface area contributed by atoms with Gasteiger partial charge in [0.25, 0.3) is 10.1 Å². The number of benzene rings is 1. The van der Waals surface area contributed by atoms with Crippen molar-refractivity contribution in [2.45, 2.75) is 13.0 Å². The van der Waals surface area contributed by atoms with Crippen LogP contribution in [0.3, 0.4) is 0 Å². The SMILES string of the molecule is O=S(=O)(O)CCCOCCOCCOCCOCCOCc1ccccc1. The van der Waals surface area contributed by atoms with E-state index in [1.54, 1.807) is 0 Å². The van der Waals surface area contributed by atoms with Gasteiger partial charge in [-0.05, 0) is 12.0 Å². The maximum Gasteiger partial charge on any atom is 0.264 e. The molecule has 1 aromatic carbocycles. The van der Waals surface area contributed by atoms with E-state index < -0.39 is 10.1 Å². The molecule has 0 aliphatic rings. The van der Waals surface area contributed by atoms with Gasteiger partial charge in [0.1, 0.15) is 0 Å². The number of hydrogen-bond acceptors (Lipinski definition) is 7. The lowest BCUT2D eigenvalue weighted by Gasteiger charge is -2.08. The van der Waals surface area contributed by atoms with Crippen LogP contribution in [0.15, 0.2) is 30.3 Å². The van der Waals surface area contributed by atoms with E-state index in [9.17, 15) is 8.42 Å². The largest absolute Gasteiger partial charge is 0.379 e. The highest BCUT2D eigenvalue weighted by Gasteiger charge is 2.03. The molecule has 0 aliphatic carbocycles. The fourth-order valence-corrected chi connectivity index (χ4v) is 2.47. The Hall–Kier alpha value is -1.07. The summed E-state index contributed by atoms with van der Waals surface area (Å²) in [5, 5.41) is 0. The van der Waals surface area contributed by atoms with Gasteiger partial charge < -0.3 is 23.7 Å². The summed E-state index contributed by atoms with van der Waals surface area (Å²) >= 11 is 0. The van der Waals surface area contributed by atoms with Gasteiger partial charge in [-0.3, -0.25) is 4.55 Å². The Kier molecular flexibility index (Phi) is 14.1. The van der Waals surface area contributed by atoms with Crippen LogP contribution in [0.5, 0.6) is 0 Å². The fourth-order valence-electron chi connectivity index (χ4n) is 1.99. The van der Waals surface area contributed by atoms with Gasteiger partial charge in [0.15, 0.2) is 0 Å². The van der Waals surface area contributed by atoms with Gasteiger partial charge in [0, 0.05) is 6.61 Å². The van der Waals surface area contributed by atoms with E-state index in [2.05, 4.69) is 0 Å². The van der Waals surface area contributed by atoms with E-state index in [4.69, 9.17) is 28.2 Å². The lowest BCUT2D eigenvalue weighted by molar-refractivity contribution is -0.0124. The summed E-state index contributed by atoms with van der Waals surface area (Å²) in [6, 6.07) is 9.98.